The highest BCUT2D eigenvalue weighted by Crippen LogP contribution is 2.39. The molecule has 0 radical (unpaired) electrons. The minimum atomic E-state index is -4.61. The number of rotatable bonds is 4. The van der Waals surface area contributed by atoms with Gasteiger partial charge in [0, 0.05) is 13.2 Å². The van der Waals surface area contributed by atoms with Crippen LogP contribution < -0.4 is 0 Å². The van der Waals surface area contributed by atoms with Crippen LogP contribution in [0.5, 0.6) is 0 Å². The Morgan fingerprint density at radius 1 is 1.15 bits per heavy atom. The molecule has 0 atom stereocenters. The number of imidazole rings is 1. The average molecular weight is 479 g/mol. The number of aryl methyl sites for hydroxylation is 1. The van der Waals surface area contributed by atoms with Gasteiger partial charge in [-0.05, 0) is 47.9 Å². The number of alkyl halides is 3. The summed E-state index contributed by atoms with van der Waals surface area (Å²) in [6, 6.07) is 2.47. The zero-order valence-corrected chi connectivity index (χ0v) is 19.7. The minimum Gasteiger partial charge on any atom is -0.324 e. The van der Waals surface area contributed by atoms with Crippen LogP contribution in [0.4, 0.5) is 13.2 Å². The fraction of sp³-hybridized carbons (Fsp3) is 0.435. The Morgan fingerprint density at radius 3 is 2.48 bits per heavy atom. The monoisotopic (exact) mass is 478 g/mol. The maximum atomic E-state index is 13.1. The Labute approximate surface area is 190 Å². The zero-order chi connectivity index (χ0) is 24.2. The normalized spacial score (nSPS) is 16.8. The molecule has 0 spiro atoms. The molecule has 0 fully saturated rings. The third-order valence-electron chi connectivity index (χ3n) is 6.18. The van der Waals surface area contributed by atoms with E-state index in [1.807, 2.05) is 0 Å². The summed E-state index contributed by atoms with van der Waals surface area (Å²) in [6.07, 6.45) is 2.91. The molecule has 33 heavy (non-hydrogen) atoms. The number of hydrogen-bond donors (Lipinski definition) is 0. The van der Waals surface area contributed by atoms with E-state index in [-0.39, 0.29) is 33.1 Å². The van der Waals surface area contributed by atoms with Gasteiger partial charge >= 0.3 is 6.18 Å². The highest BCUT2D eigenvalue weighted by atomic mass is 32.2. The van der Waals surface area contributed by atoms with E-state index in [2.05, 4.69) is 34.9 Å². The molecule has 0 aliphatic heterocycles. The number of pyridine rings is 2. The third-order valence-corrected chi connectivity index (χ3v) is 7.92. The fourth-order valence-electron chi connectivity index (χ4n) is 3.98. The van der Waals surface area contributed by atoms with Crippen LogP contribution in [0.1, 0.15) is 51.3 Å². The second-order valence-electron chi connectivity index (χ2n) is 9.12. The lowest BCUT2D eigenvalue weighted by molar-refractivity contribution is -0.141. The van der Waals surface area contributed by atoms with E-state index in [1.165, 1.54) is 4.57 Å². The van der Waals surface area contributed by atoms with E-state index in [1.54, 1.807) is 26.2 Å². The summed E-state index contributed by atoms with van der Waals surface area (Å²) in [6.45, 7) is 5.93. The summed E-state index contributed by atoms with van der Waals surface area (Å²) in [7, 11) is -2.08. The molecule has 0 aromatic carbocycles. The summed E-state index contributed by atoms with van der Waals surface area (Å²) in [5.74, 6) is 0.0319. The molecule has 4 rings (SSSR count). The van der Waals surface area contributed by atoms with Crippen LogP contribution in [-0.2, 0) is 23.1 Å². The number of halogens is 3. The summed E-state index contributed by atoms with van der Waals surface area (Å²) in [5, 5.41) is 0. The Hall–Kier alpha value is -2.75. The molecule has 6 nitrogen and oxygen atoms in total. The lowest BCUT2D eigenvalue weighted by Gasteiger charge is -2.28. The van der Waals surface area contributed by atoms with Crippen molar-refractivity contribution in [2.75, 3.05) is 5.75 Å². The van der Waals surface area contributed by atoms with Gasteiger partial charge in [-0.25, -0.2) is 18.4 Å². The Kier molecular flexibility index (Phi) is 5.63. The lowest BCUT2D eigenvalue weighted by atomic mass is 9.77. The van der Waals surface area contributed by atoms with Crippen molar-refractivity contribution < 1.29 is 21.6 Å². The van der Waals surface area contributed by atoms with Crippen molar-refractivity contribution >= 4 is 26.4 Å². The zero-order valence-electron chi connectivity index (χ0n) is 18.9. The van der Waals surface area contributed by atoms with Crippen molar-refractivity contribution in [1.29, 1.82) is 0 Å². The van der Waals surface area contributed by atoms with Crippen molar-refractivity contribution in [2.24, 2.45) is 12.5 Å². The molecule has 0 amide bonds. The molecule has 10 heteroatoms. The Bertz CT molecular complexity index is 1370. The maximum Gasteiger partial charge on any atom is 0.433 e. The quantitative estimate of drug-likeness (QED) is 0.499. The Balaban J connectivity index is 1.88. The van der Waals surface area contributed by atoms with Crippen LogP contribution in [0.15, 0.2) is 35.5 Å². The van der Waals surface area contributed by atoms with Crippen LogP contribution >= 0.6 is 0 Å². The van der Waals surface area contributed by atoms with E-state index in [4.69, 9.17) is 0 Å². The van der Waals surface area contributed by atoms with E-state index in [0.29, 0.717) is 5.52 Å². The predicted molar refractivity (Wildman–Crippen MR) is 120 cm³/mol. The molecule has 0 unspecified atom stereocenters. The first-order chi connectivity index (χ1) is 15.3. The molecule has 0 saturated carbocycles. The van der Waals surface area contributed by atoms with E-state index >= 15 is 0 Å². The molecule has 3 aromatic rings. The average Bonchev–Trinajstić information content (AvgIpc) is 3.08. The molecule has 3 heterocycles. The number of aromatic nitrogens is 4. The van der Waals surface area contributed by atoms with Crippen molar-refractivity contribution in [1.82, 2.24) is 19.5 Å². The lowest BCUT2D eigenvalue weighted by Crippen LogP contribution is -2.15. The van der Waals surface area contributed by atoms with E-state index in [9.17, 15) is 21.6 Å². The number of sulfone groups is 1. The predicted octanol–water partition coefficient (Wildman–Crippen LogP) is 5.44. The van der Waals surface area contributed by atoms with Gasteiger partial charge in [0.05, 0.1) is 27.9 Å². The molecular formula is C23H25F3N4O2S. The van der Waals surface area contributed by atoms with Gasteiger partial charge in [0.1, 0.15) is 11.4 Å². The second-order valence-corrected chi connectivity index (χ2v) is 11.4. The first kappa shape index (κ1) is 23.4. The highest BCUT2D eigenvalue weighted by Gasteiger charge is 2.33. The largest absolute Gasteiger partial charge is 0.433 e. The number of fused-ring (bicyclic) bond motifs is 1. The SMILES string of the molecule is CCS(=O)(=O)c1cc(C2=CCC(C)(C)CC2)cnc1-c1nc2cc(C(F)(F)F)ncc2n1C. The minimum absolute atomic E-state index is 0.0237. The molecule has 1 aliphatic carbocycles. The summed E-state index contributed by atoms with van der Waals surface area (Å²) in [5.41, 5.74) is 1.46. The van der Waals surface area contributed by atoms with Crippen LogP contribution in [0, 0.1) is 5.41 Å². The smallest absolute Gasteiger partial charge is 0.324 e. The fourth-order valence-corrected chi connectivity index (χ4v) is 5.03. The molecule has 176 valence electrons. The van der Waals surface area contributed by atoms with Gasteiger partial charge in [0.15, 0.2) is 15.7 Å². The van der Waals surface area contributed by atoms with Crippen molar-refractivity contribution in [3.63, 3.8) is 0 Å². The van der Waals surface area contributed by atoms with Crippen molar-refractivity contribution in [2.45, 2.75) is 51.1 Å². The molecule has 1 aliphatic rings. The second kappa shape index (κ2) is 7.93. The number of allylic oxidation sites excluding steroid dienone is 2. The van der Waals surface area contributed by atoms with Gasteiger partial charge in [-0.1, -0.05) is 26.8 Å². The third kappa shape index (κ3) is 4.40. The van der Waals surface area contributed by atoms with E-state index < -0.39 is 21.7 Å². The van der Waals surface area contributed by atoms with Crippen molar-refractivity contribution in [3.8, 4) is 11.5 Å². The van der Waals surface area contributed by atoms with E-state index in [0.717, 1.165) is 42.7 Å². The van der Waals surface area contributed by atoms with Gasteiger partial charge in [-0.2, -0.15) is 13.2 Å². The molecule has 0 N–H and O–H groups in total. The standard InChI is InChI=1S/C23H25F3N4O2S/c1-5-33(31,32)18-10-15(14-6-8-22(2,3)9-7-14)12-28-20(18)21-29-16-11-19(23(24,25)26)27-13-17(16)30(21)4/h6,10-13H,5,7-9H2,1-4H3. The van der Waals surface area contributed by atoms with Gasteiger partial charge in [-0.15, -0.1) is 0 Å². The van der Waals surface area contributed by atoms with Crippen LogP contribution in [-0.4, -0.2) is 33.7 Å². The van der Waals surface area contributed by atoms with Crippen LogP contribution in [0.3, 0.4) is 0 Å². The van der Waals surface area contributed by atoms with Gasteiger partial charge in [-0.3, -0.25) is 4.98 Å². The van der Waals surface area contributed by atoms with Gasteiger partial charge in [0.2, 0.25) is 0 Å². The molecule has 0 saturated heterocycles. The Morgan fingerprint density at radius 2 is 1.88 bits per heavy atom. The summed E-state index contributed by atoms with van der Waals surface area (Å²) < 4.78 is 66.8. The van der Waals surface area contributed by atoms with Crippen LogP contribution in [0.25, 0.3) is 28.1 Å². The summed E-state index contributed by atoms with van der Waals surface area (Å²) >= 11 is 0. The molecule has 0 bridgehead atoms. The molecule has 3 aromatic heterocycles. The van der Waals surface area contributed by atoms with Gasteiger partial charge in [0.25, 0.3) is 0 Å². The van der Waals surface area contributed by atoms with Crippen molar-refractivity contribution in [3.05, 3.63) is 41.9 Å². The number of nitrogens with zero attached hydrogens (tertiary/aromatic N) is 4. The first-order valence-electron chi connectivity index (χ1n) is 10.6. The topological polar surface area (TPSA) is 77.7 Å². The summed E-state index contributed by atoms with van der Waals surface area (Å²) in [4.78, 5) is 12.3. The molecular weight excluding hydrogens is 453 g/mol. The van der Waals surface area contributed by atoms with Gasteiger partial charge < -0.3 is 4.57 Å². The number of hydrogen-bond acceptors (Lipinski definition) is 5. The van der Waals surface area contributed by atoms with Crippen LogP contribution in [0.2, 0.25) is 0 Å². The highest BCUT2D eigenvalue weighted by molar-refractivity contribution is 7.91. The first-order valence-corrected chi connectivity index (χ1v) is 12.3. The maximum absolute atomic E-state index is 13.1.